The molecule has 1 N–H and O–H groups in total. The van der Waals surface area contributed by atoms with Crippen molar-refractivity contribution in [3.63, 3.8) is 0 Å². The summed E-state index contributed by atoms with van der Waals surface area (Å²) in [6.07, 6.45) is 6.47. The highest BCUT2D eigenvalue weighted by Gasteiger charge is 2.35. The van der Waals surface area contributed by atoms with Crippen molar-refractivity contribution < 1.29 is 14.9 Å². The fourth-order valence-corrected chi connectivity index (χ4v) is 4.02. The number of amides is 1. The summed E-state index contributed by atoms with van der Waals surface area (Å²) in [5, 5.41) is 8.73. The molecule has 27 heavy (non-hydrogen) atoms. The molecule has 0 spiro atoms. The van der Waals surface area contributed by atoms with Gasteiger partial charge in [-0.2, -0.15) is 0 Å². The van der Waals surface area contributed by atoms with Gasteiger partial charge < -0.3 is 9.79 Å². The molecule has 0 atom stereocenters. The van der Waals surface area contributed by atoms with E-state index in [0.717, 1.165) is 35.3 Å². The summed E-state index contributed by atoms with van der Waals surface area (Å²) in [7, 11) is 0. The Morgan fingerprint density at radius 1 is 1.26 bits per heavy atom. The summed E-state index contributed by atoms with van der Waals surface area (Å²) >= 11 is 6.32. The minimum absolute atomic E-state index is 0.196. The number of anilines is 1. The Balaban J connectivity index is 2.14. The molecule has 1 aliphatic rings. The highest BCUT2D eigenvalue weighted by molar-refractivity contribution is 8.26. The van der Waals surface area contributed by atoms with Crippen LogP contribution in [0.3, 0.4) is 0 Å². The zero-order valence-electron chi connectivity index (χ0n) is 15.8. The van der Waals surface area contributed by atoms with E-state index >= 15 is 0 Å². The average molecular weight is 407 g/mol. The molecule has 1 amide bonds. The van der Waals surface area contributed by atoms with Crippen molar-refractivity contribution in [3.05, 3.63) is 47.2 Å². The maximum atomic E-state index is 12.4. The van der Waals surface area contributed by atoms with Gasteiger partial charge in [0.15, 0.2) is 4.32 Å². The van der Waals surface area contributed by atoms with Crippen LogP contribution < -0.4 is 4.90 Å². The van der Waals surface area contributed by atoms with Crippen molar-refractivity contribution >= 4 is 46.0 Å². The van der Waals surface area contributed by atoms with Gasteiger partial charge in [0.1, 0.15) is 0 Å². The Kier molecular flexibility index (Phi) is 8.34. The molecule has 7 heteroatoms. The molecule has 1 aromatic rings. The summed E-state index contributed by atoms with van der Waals surface area (Å²) in [6, 6.07) is 8.19. The van der Waals surface area contributed by atoms with Crippen LogP contribution >= 0.6 is 24.0 Å². The summed E-state index contributed by atoms with van der Waals surface area (Å²) in [5.74, 6) is -0.542. The van der Waals surface area contributed by atoms with Gasteiger partial charge in [-0.05, 0) is 43.2 Å². The quantitative estimate of drug-likeness (QED) is 0.188. The van der Waals surface area contributed by atoms with Crippen molar-refractivity contribution in [2.24, 2.45) is 0 Å². The fraction of sp³-hybridized carbons (Fsp3) is 0.400. The number of hydrogen-bond donors (Lipinski definition) is 1. The van der Waals surface area contributed by atoms with E-state index in [2.05, 4.69) is 42.3 Å². The van der Waals surface area contributed by atoms with Crippen molar-refractivity contribution in [1.82, 2.24) is 4.90 Å². The largest absolute Gasteiger partial charge is 0.372 e. The molecule has 0 radical (unpaired) electrons. The minimum atomic E-state index is -0.347. The lowest BCUT2D eigenvalue weighted by Crippen LogP contribution is -2.27. The molecular weight excluding hydrogens is 380 g/mol. The van der Waals surface area contributed by atoms with Crippen LogP contribution in [-0.4, -0.2) is 33.5 Å². The third-order valence-corrected chi connectivity index (χ3v) is 5.57. The molecule has 1 aromatic carbocycles. The van der Waals surface area contributed by atoms with E-state index in [4.69, 9.17) is 17.5 Å². The Morgan fingerprint density at radius 3 is 2.37 bits per heavy atom. The number of carbonyl (C=O) groups is 1. The number of benzene rings is 1. The Hall–Kier alpha value is -1.83. The number of unbranched alkanes of at least 4 members (excludes halogenated alkanes) is 2. The van der Waals surface area contributed by atoms with Crippen molar-refractivity contribution in [3.8, 4) is 0 Å². The molecular formula is C20H26N2O3S2. The molecule has 1 fully saturated rings. The topological polar surface area (TPSA) is 53.0 Å². The number of nitrogens with zero attached hydrogens (tertiary/aromatic N) is 2. The van der Waals surface area contributed by atoms with E-state index in [9.17, 15) is 4.79 Å². The van der Waals surface area contributed by atoms with Crippen LogP contribution in [0.2, 0.25) is 0 Å². The maximum absolute atomic E-state index is 12.4. The van der Waals surface area contributed by atoms with Crippen molar-refractivity contribution in [1.29, 1.82) is 0 Å². The highest BCUT2D eigenvalue weighted by Crippen LogP contribution is 2.34. The number of thioether (sulfide) groups is 1. The molecule has 0 saturated carbocycles. The third-order valence-electron chi connectivity index (χ3n) is 4.27. The second-order valence-corrected chi connectivity index (χ2v) is 7.96. The van der Waals surface area contributed by atoms with Crippen molar-refractivity contribution in [2.45, 2.75) is 39.5 Å². The predicted molar refractivity (Wildman–Crippen MR) is 116 cm³/mol. The monoisotopic (exact) mass is 406 g/mol. The van der Waals surface area contributed by atoms with Crippen LogP contribution in [0.15, 0.2) is 41.6 Å². The Labute approximate surface area is 170 Å². The molecule has 0 unspecified atom stereocenters. The van der Waals surface area contributed by atoms with E-state index in [1.165, 1.54) is 31.4 Å². The van der Waals surface area contributed by atoms with Gasteiger partial charge in [0.05, 0.1) is 4.91 Å². The van der Waals surface area contributed by atoms with Gasteiger partial charge in [0.2, 0.25) is 5.88 Å². The zero-order chi connectivity index (χ0) is 19.8. The molecule has 1 aliphatic heterocycles. The molecule has 146 valence electrons. The van der Waals surface area contributed by atoms with Gasteiger partial charge in [-0.3, -0.25) is 4.79 Å². The second kappa shape index (κ2) is 10.5. The number of carbonyl (C=O) groups excluding carboxylic acids is 1. The van der Waals surface area contributed by atoms with Gasteiger partial charge in [-0.15, -0.1) is 0 Å². The SMILES string of the molecule is C=C(OO)N1C(=O)/C(=C/c2ccc(N(CCCC)CCCC)cc2)SC1=S. The number of thiocarbonyl (C=S) groups is 1. The number of hydrogen-bond acceptors (Lipinski definition) is 6. The summed E-state index contributed by atoms with van der Waals surface area (Å²) < 4.78 is 0.284. The maximum Gasteiger partial charge on any atom is 0.273 e. The summed E-state index contributed by atoms with van der Waals surface area (Å²) in [4.78, 5) is 20.4. The predicted octanol–water partition coefficient (Wildman–Crippen LogP) is 5.26. The molecule has 2 rings (SSSR count). The molecule has 0 bridgehead atoms. The van der Waals surface area contributed by atoms with Crippen molar-refractivity contribution in [2.75, 3.05) is 18.0 Å². The standard InChI is InChI=1S/C20H26N2O3S2/c1-4-6-12-21(13-7-5-2)17-10-8-16(9-11-17)14-18-19(23)22(15(3)25-24)20(26)27-18/h8-11,14,24H,3-7,12-13H2,1-2H3/b18-14-. The van der Waals surface area contributed by atoms with E-state index in [-0.39, 0.29) is 16.1 Å². The second-order valence-electron chi connectivity index (χ2n) is 6.29. The van der Waals surface area contributed by atoms with Gasteiger partial charge >= 0.3 is 0 Å². The summed E-state index contributed by atoms with van der Waals surface area (Å²) in [5.41, 5.74) is 2.12. The highest BCUT2D eigenvalue weighted by atomic mass is 32.2. The first-order valence-electron chi connectivity index (χ1n) is 9.15. The van der Waals surface area contributed by atoms with Crippen LogP contribution in [0.1, 0.15) is 45.1 Å². The van der Waals surface area contributed by atoms with Gasteiger partial charge in [0, 0.05) is 18.8 Å². The fourth-order valence-electron chi connectivity index (χ4n) is 2.72. The number of rotatable bonds is 10. The lowest BCUT2D eigenvalue weighted by molar-refractivity contribution is -0.217. The first-order valence-corrected chi connectivity index (χ1v) is 10.4. The van der Waals surface area contributed by atoms with E-state index in [1.807, 2.05) is 12.1 Å². The van der Waals surface area contributed by atoms with Crippen LogP contribution in [0.5, 0.6) is 0 Å². The smallest absolute Gasteiger partial charge is 0.273 e. The minimum Gasteiger partial charge on any atom is -0.372 e. The molecule has 5 nitrogen and oxygen atoms in total. The lowest BCUT2D eigenvalue weighted by atomic mass is 10.1. The van der Waals surface area contributed by atoms with Crippen LogP contribution in [0.25, 0.3) is 6.08 Å². The third kappa shape index (κ3) is 5.57. The molecule has 0 aliphatic carbocycles. The van der Waals surface area contributed by atoms with Gasteiger partial charge in [0.25, 0.3) is 5.91 Å². The van der Waals surface area contributed by atoms with Gasteiger partial charge in [-0.1, -0.05) is 62.8 Å². The lowest BCUT2D eigenvalue weighted by Gasteiger charge is -2.24. The zero-order valence-corrected chi connectivity index (χ0v) is 17.4. The Bertz CT molecular complexity index is 708. The first-order chi connectivity index (χ1) is 13.0. The first kappa shape index (κ1) is 21.5. The Morgan fingerprint density at radius 2 is 1.85 bits per heavy atom. The van der Waals surface area contributed by atoms with Crippen LogP contribution in [-0.2, 0) is 9.68 Å². The van der Waals surface area contributed by atoms with E-state index < -0.39 is 0 Å². The van der Waals surface area contributed by atoms with Crippen LogP contribution in [0, 0.1) is 0 Å². The van der Waals surface area contributed by atoms with Crippen LogP contribution in [0.4, 0.5) is 5.69 Å². The normalized spacial score (nSPS) is 15.5. The van der Waals surface area contributed by atoms with E-state index in [0.29, 0.717) is 4.91 Å². The summed E-state index contributed by atoms with van der Waals surface area (Å²) in [6.45, 7) is 9.99. The molecule has 1 saturated heterocycles. The van der Waals surface area contributed by atoms with E-state index in [1.54, 1.807) is 6.08 Å². The van der Waals surface area contributed by atoms with Gasteiger partial charge in [-0.25, -0.2) is 10.2 Å². The average Bonchev–Trinajstić information content (AvgIpc) is 2.95. The molecule has 0 aromatic heterocycles. The molecule has 1 heterocycles.